The third-order valence-corrected chi connectivity index (χ3v) is 5.97. The summed E-state index contributed by atoms with van der Waals surface area (Å²) >= 11 is 5.83. The Morgan fingerprint density at radius 1 is 1.21 bits per heavy atom. The van der Waals surface area contributed by atoms with Crippen LogP contribution in [0.5, 0.6) is 5.75 Å². The van der Waals surface area contributed by atoms with Gasteiger partial charge in [0.1, 0.15) is 23.2 Å². The highest BCUT2D eigenvalue weighted by atomic mass is 35.5. The average molecular weight is 480 g/mol. The van der Waals surface area contributed by atoms with Gasteiger partial charge in [0.15, 0.2) is 0 Å². The number of aliphatic hydroxyl groups is 3. The molecule has 10 heteroatoms. The quantitative estimate of drug-likeness (QED) is 0.391. The highest BCUT2D eigenvalue weighted by Crippen LogP contribution is 2.36. The molecule has 3 aromatic rings. The van der Waals surface area contributed by atoms with Crippen LogP contribution in [-0.2, 0) is 0 Å². The van der Waals surface area contributed by atoms with Crippen LogP contribution < -0.4 is 10.2 Å². The second-order valence-electron chi connectivity index (χ2n) is 7.65. The van der Waals surface area contributed by atoms with Crippen LogP contribution in [0.1, 0.15) is 40.6 Å². The van der Waals surface area contributed by atoms with Gasteiger partial charge in [-0.1, -0.05) is 30.7 Å². The van der Waals surface area contributed by atoms with Crippen LogP contribution >= 0.6 is 11.6 Å². The van der Waals surface area contributed by atoms with E-state index in [-0.39, 0.29) is 39.4 Å². The number of benzene rings is 2. The van der Waals surface area contributed by atoms with Gasteiger partial charge < -0.3 is 29.7 Å². The van der Waals surface area contributed by atoms with E-state index in [9.17, 15) is 34.4 Å². The molecule has 0 bridgehead atoms. The minimum Gasteiger partial charge on any atom is -0.496 e. The van der Waals surface area contributed by atoms with Crippen LogP contribution in [-0.4, -0.2) is 51.3 Å². The molecule has 0 amide bonds. The van der Waals surface area contributed by atoms with E-state index in [2.05, 4.69) is 0 Å². The molecule has 8 nitrogen and oxygen atoms in total. The van der Waals surface area contributed by atoms with Crippen LogP contribution in [0.3, 0.4) is 0 Å². The molecule has 176 valence electrons. The minimum absolute atomic E-state index is 0.0214. The van der Waals surface area contributed by atoms with E-state index >= 15 is 0 Å². The van der Waals surface area contributed by atoms with Gasteiger partial charge in [0.2, 0.25) is 5.43 Å². The lowest BCUT2D eigenvalue weighted by Gasteiger charge is -2.26. The Bertz CT molecular complexity index is 1260. The summed E-state index contributed by atoms with van der Waals surface area (Å²) in [6.07, 6.45) is -0.471. The van der Waals surface area contributed by atoms with Crippen molar-refractivity contribution in [3.8, 4) is 5.75 Å². The number of rotatable bonds is 8. The first-order chi connectivity index (χ1) is 15.7. The van der Waals surface area contributed by atoms with Gasteiger partial charge in [-0.15, -0.1) is 0 Å². The first kappa shape index (κ1) is 24.7. The van der Waals surface area contributed by atoms with Gasteiger partial charge in [-0.3, -0.25) is 4.79 Å². The van der Waals surface area contributed by atoms with Gasteiger partial charge in [0.05, 0.1) is 30.3 Å². The van der Waals surface area contributed by atoms with E-state index in [0.29, 0.717) is 0 Å². The predicted molar refractivity (Wildman–Crippen MR) is 120 cm³/mol. The van der Waals surface area contributed by atoms with E-state index in [1.54, 1.807) is 6.92 Å². The van der Waals surface area contributed by atoms with Crippen molar-refractivity contribution in [2.75, 3.05) is 20.3 Å². The second-order valence-corrected chi connectivity index (χ2v) is 8.06. The number of nitrogens with zero attached hydrogens (tertiary/aromatic N) is 1. The Morgan fingerprint density at radius 2 is 1.91 bits per heavy atom. The largest absolute Gasteiger partial charge is 0.496 e. The summed E-state index contributed by atoms with van der Waals surface area (Å²) in [6.45, 7) is 0.908. The summed E-state index contributed by atoms with van der Waals surface area (Å²) in [6, 6.07) is 5.97. The van der Waals surface area contributed by atoms with E-state index in [1.165, 1.54) is 42.0 Å². The molecule has 2 unspecified atom stereocenters. The average Bonchev–Trinajstić information content (AvgIpc) is 2.80. The van der Waals surface area contributed by atoms with Crippen molar-refractivity contribution in [2.45, 2.75) is 19.1 Å². The molecule has 3 atom stereocenters. The minimum atomic E-state index is -1.57. The van der Waals surface area contributed by atoms with Crippen molar-refractivity contribution in [1.29, 1.82) is 0 Å². The smallest absolute Gasteiger partial charge is 0.341 e. The topological polar surface area (TPSA) is 129 Å². The first-order valence-corrected chi connectivity index (χ1v) is 10.4. The van der Waals surface area contributed by atoms with Crippen molar-refractivity contribution < 1.29 is 34.3 Å². The lowest BCUT2D eigenvalue weighted by molar-refractivity contribution is 0.0693. The highest BCUT2D eigenvalue weighted by Gasteiger charge is 2.26. The number of carboxylic acids is 1. The monoisotopic (exact) mass is 479 g/mol. The molecule has 2 aromatic carbocycles. The van der Waals surface area contributed by atoms with Gasteiger partial charge in [-0.25, -0.2) is 9.18 Å². The number of aliphatic hydroxyl groups excluding tert-OH is 3. The van der Waals surface area contributed by atoms with E-state index in [0.717, 1.165) is 6.20 Å². The third-order valence-electron chi connectivity index (χ3n) is 5.67. The Kier molecular flexibility index (Phi) is 7.38. The molecule has 3 rings (SSSR count). The van der Waals surface area contributed by atoms with Crippen LogP contribution in [0.15, 0.2) is 41.3 Å². The van der Waals surface area contributed by atoms with Crippen molar-refractivity contribution in [3.63, 3.8) is 0 Å². The zero-order chi connectivity index (χ0) is 24.4. The fraction of sp³-hybridized carbons (Fsp3) is 0.304. The summed E-state index contributed by atoms with van der Waals surface area (Å²) < 4.78 is 21.3. The molecule has 0 spiro atoms. The molecule has 0 saturated heterocycles. The fourth-order valence-electron chi connectivity index (χ4n) is 3.77. The zero-order valence-corrected chi connectivity index (χ0v) is 18.6. The van der Waals surface area contributed by atoms with Crippen LogP contribution in [0.2, 0.25) is 5.02 Å². The van der Waals surface area contributed by atoms with Crippen molar-refractivity contribution in [1.82, 2.24) is 4.57 Å². The number of hydrogen-bond acceptors (Lipinski definition) is 6. The Hall–Kier alpha value is -2.98. The molecule has 1 heterocycles. The Balaban J connectivity index is 2.38. The maximum Gasteiger partial charge on any atom is 0.341 e. The Morgan fingerprint density at radius 3 is 2.48 bits per heavy atom. The highest BCUT2D eigenvalue weighted by molar-refractivity contribution is 6.30. The van der Waals surface area contributed by atoms with Gasteiger partial charge in [-0.2, -0.15) is 0 Å². The molecule has 1 aromatic heterocycles. The van der Waals surface area contributed by atoms with Crippen molar-refractivity contribution in [2.24, 2.45) is 5.92 Å². The summed E-state index contributed by atoms with van der Waals surface area (Å²) in [7, 11) is 1.32. The maximum absolute atomic E-state index is 14.6. The van der Waals surface area contributed by atoms with Gasteiger partial charge in [-0.05, 0) is 12.1 Å². The zero-order valence-electron chi connectivity index (χ0n) is 17.8. The fourth-order valence-corrected chi connectivity index (χ4v) is 3.96. The molecule has 0 radical (unpaired) electrons. The first-order valence-electron chi connectivity index (χ1n) is 9.99. The van der Waals surface area contributed by atoms with Gasteiger partial charge in [0.25, 0.3) is 0 Å². The molecular formula is C23H23ClFNO7. The number of halogens is 2. The predicted octanol–water partition coefficient (Wildman–Crippen LogP) is 2.74. The number of carbonyl (C=O) groups is 1. The van der Waals surface area contributed by atoms with E-state index < -0.39 is 47.4 Å². The number of aromatic nitrogens is 1. The molecule has 0 fully saturated rings. The number of carboxylic acid groups (broad SMARTS) is 1. The molecular weight excluding hydrogens is 457 g/mol. The third kappa shape index (κ3) is 4.45. The molecule has 4 N–H and O–H groups in total. The normalized spacial score (nSPS) is 14.2. The summed E-state index contributed by atoms with van der Waals surface area (Å²) in [5.41, 5.74) is -1.32. The Labute approximate surface area is 193 Å². The second kappa shape index (κ2) is 9.88. The number of hydrogen-bond donors (Lipinski definition) is 4. The number of ether oxygens (including phenoxy) is 1. The number of pyridine rings is 1. The number of methoxy groups -OCH3 is 1. The van der Waals surface area contributed by atoms with E-state index in [4.69, 9.17) is 16.3 Å². The number of fused-ring (bicyclic) bond motifs is 1. The van der Waals surface area contributed by atoms with E-state index in [1.807, 2.05) is 0 Å². The summed E-state index contributed by atoms with van der Waals surface area (Å²) in [5, 5.41) is 39.7. The molecule has 0 aliphatic heterocycles. The van der Waals surface area contributed by atoms with Gasteiger partial charge >= 0.3 is 5.97 Å². The maximum atomic E-state index is 14.6. The van der Waals surface area contributed by atoms with Crippen molar-refractivity contribution >= 4 is 28.5 Å². The molecule has 0 aliphatic carbocycles. The SMILES string of the molecule is COc1cc2c(cc1C(O)c1cccc(Cl)c1F)c(=O)c(C(=O)O)cn2[C@H](CO)C(C)CO. The molecule has 33 heavy (non-hydrogen) atoms. The van der Waals surface area contributed by atoms with Crippen LogP contribution in [0.4, 0.5) is 4.39 Å². The summed E-state index contributed by atoms with van der Waals surface area (Å²) in [4.78, 5) is 24.7. The van der Waals surface area contributed by atoms with Crippen LogP contribution in [0, 0.1) is 11.7 Å². The lowest BCUT2D eigenvalue weighted by Crippen LogP contribution is -2.27. The van der Waals surface area contributed by atoms with Crippen LogP contribution in [0.25, 0.3) is 10.9 Å². The standard InChI is InChI=1S/C23H23ClFNO7/c1-11(9-27)18(10-28)26-8-15(23(31)32)22(30)13-6-14(19(33-2)7-17(13)26)21(29)12-4-3-5-16(24)20(12)25/h3-8,11,18,21,27-29H,9-10H2,1-2H3,(H,31,32)/t11?,18-,21?/m1/s1. The summed E-state index contributed by atoms with van der Waals surface area (Å²) in [5.74, 6) is -2.72. The molecule has 0 aliphatic rings. The number of aromatic carboxylic acids is 1. The lowest BCUT2D eigenvalue weighted by atomic mass is 9.96. The van der Waals surface area contributed by atoms with Gasteiger partial charge in [0, 0.05) is 41.3 Å². The van der Waals surface area contributed by atoms with Crippen molar-refractivity contribution in [3.05, 3.63) is 74.3 Å². The molecule has 0 saturated carbocycles.